The van der Waals surface area contributed by atoms with E-state index in [2.05, 4.69) is 26.1 Å². The molecule has 0 fully saturated rings. The predicted octanol–water partition coefficient (Wildman–Crippen LogP) is 4.01. The van der Waals surface area contributed by atoms with Gasteiger partial charge in [0, 0.05) is 17.6 Å². The molecule has 3 heteroatoms. The number of phenols is 1. The van der Waals surface area contributed by atoms with Crippen LogP contribution in [-0.2, 0) is 0 Å². The Morgan fingerprint density at radius 3 is 2.44 bits per heavy atom. The molecule has 0 bridgehead atoms. The molecular weight excluding hydrogens is 229 g/mol. The van der Waals surface area contributed by atoms with Gasteiger partial charge >= 0.3 is 0 Å². The van der Waals surface area contributed by atoms with Crippen LogP contribution < -0.4 is 5.32 Å². The minimum atomic E-state index is -0.314. The Kier molecular flexibility index (Phi) is 5.60. The van der Waals surface area contributed by atoms with Crippen LogP contribution in [0.25, 0.3) is 0 Å². The Morgan fingerprint density at radius 1 is 1.17 bits per heavy atom. The molecule has 0 spiro atoms. The summed E-state index contributed by atoms with van der Waals surface area (Å²) in [5.74, 6) is 0.519. The fourth-order valence-electron chi connectivity index (χ4n) is 2.06. The van der Waals surface area contributed by atoms with E-state index in [1.165, 1.54) is 18.2 Å². The second-order valence-electron chi connectivity index (χ2n) is 5.46. The lowest BCUT2D eigenvalue weighted by Crippen LogP contribution is -2.29. The Labute approximate surface area is 109 Å². The first kappa shape index (κ1) is 15.0. The van der Waals surface area contributed by atoms with Gasteiger partial charge in [0.05, 0.1) is 0 Å². The van der Waals surface area contributed by atoms with Gasteiger partial charge in [0.1, 0.15) is 11.6 Å². The molecule has 0 saturated carbocycles. The number of hydrogen-bond acceptors (Lipinski definition) is 2. The molecule has 0 aliphatic heterocycles. The lowest BCUT2D eigenvalue weighted by molar-refractivity contribution is 0.401. The summed E-state index contributed by atoms with van der Waals surface area (Å²) in [5, 5.41) is 13.1. The van der Waals surface area contributed by atoms with E-state index in [0.717, 1.165) is 12.8 Å². The van der Waals surface area contributed by atoms with Crippen LogP contribution in [0.3, 0.4) is 0 Å². The van der Waals surface area contributed by atoms with E-state index in [-0.39, 0.29) is 17.6 Å². The molecule has 18 heavy (non-hydrogen) atoms. The van der Waals surface area contributed by atoms with E-state index in [1.54, 1.807) is 0 Å². The number of nitrogens with one attached hydrogen (secondary N) is 1. The van der Waals surface area contributed by atoms with Crippen molar-refractivity contribution in [3.05, 3.63) is 29.6 Å². The molecule has 1 aromatic carbocycles. The number of hydrogen-bond donors (Lipinski definition) is 2. The van der Waals surface area contributed by atoms with E-state index in [9.17, 15) is 9.50 Å². The van der Waals surface area contributed by atoms with Gasteiger partial charge in [-0.2, -0.15) is 0 Å². The first-order chi connectivity index (χ1) is 8.40. The van der Waals surface area contributed by atoms with Crippen LogP contribution in [0.15, 0.2) is 18.2 Å². The van der Waals surface area contributed by atoms with Crippen LogP contribution >= 0.6 is 0 Å². The van der Waals surface area contributed by atoms with E-state index >= 15 is 0 Å². The van der Waals surface area contributed by atoms with Gasteiger partial charge < -0.3 is 10.4 Å². The van der Waals surface area contributed by atoms with Crippen LogP contribution in [0.1, 0.15) is 52.1 Å². The largest absolute Gasteiger partial charge is 0.508 e. The summed E-state index contributed by atoms with van der Waals surface area (Å²) in [7, 11) is 0. The highest BCUT2D eigenvalue weighted by molar-refractivity contribution is 5.34. The van der Waals surface area contributed by atoms with Gasteiger partial charge in [-0.1, -0.05) is 13.8 Å². The van der Waals surface area contributed by atoms with Crippen molar-refractivity contribution in [1.29, 1.82) is 0 Å². The summed E-state index contributed by atoms with van der Waals surface area (Å²) in [6.45, 7) is 8.47. The van der Waals surface area contributed by atoms with Crippen molar-refractivity contribution in [3.63, 3.8) is 0 Å². The topological polar surface area (TPSA) is 32.3 Å². The highest BCUT2D eigenvalue weighted by Gasteiger charge is 2.14. The van der Waals surface area contributed by atoms with Gasteiger partial charge in [-0.25, -0.2) is 4.39 Å². The van der Waals surface area contributed by atoms with Crippen LogP contribution in [0.2, 0.25) is 0 Å². The third-order valence-electron chi connectivity index (χ3n) is 3.17. The van der Waals surface area contributed by atoms with Gasteiger partial charge in [-0.05, 0) is 50.8 Å². The van der Waals surface area contributed by atoms with Crippen molar-refractivity contribution in [2.45, 2.75) is 52.6 Å². The lowest BCUT2D eigenvalue weighted by atomic mass is 10.0. The molecule has 0 radical (unpaired) electrons. The predicted molar refractivity (Wildman–Crippen MR) is 73.1 cm³/mol. The molecule has 0 aliphatic rings. The average Bonchev–Trinajstić information content (AvgIpc) is 2.29. The molecule has 1 rings (SSSR count). The summed E-state index contributed by atoms with van der Waals surface area (Å²) < 4.78 is 13.2. The second kappa shape index (κ2) is 6.74. The standard InChI is InChI=1S/C15H24FNO/c1-10(2)5-6-11(3)17-12(4)14-9-13(16)7-8-15(14)18/h7-12,17-18H,5-6H2,1-4H3. The smallest absolute Gasteiger partial charge is 0.123 e. The van der Waals surface area contributed by atoms with Crippen molar-refractivity contribution >= 4 is 0 Å². The molecule has 0 aromatic heterocycles. The summed E-state index contributed by atoms with van der Waals surface area (Å²) >= 11 is 0. The average molecular weight is 253 g/mol. The normalized spacial score (nSPS) is 14.8. The number of rotatable bonds is 6. The molecule has 2 N–H and O–H groups in total. The molecule has 1 aromatic rings. The molecular formula is C15H24FNO. The molecule has 0 amide bonds. The minimum Gasteiger partial charge on any atom is -0.508 e. The summed E-state index contributed by atoms with van der Waals surface area (Å²) in [5.41, 5.74) is 0.617. The fourth-order valence-corrected chi connectivity index (χ4v) is 2.06. The first-order valence-corrected chi connectivity index (χ1v) is 6.64. The molecule has 0 heterocycles. The Morgan fingerprint density at radius 2 is 1.83 bits per heavy atom. The zero-order chi connectivity index (χ0) is 13.7. The molecule has 2 unspecified atom stereocenters. The monoisotopic (exact) mass is 253 g/mol. The first-order valence-electron chi connectivity index (χ1n) is 6.64. The summed E-state index contributed by atoms with van der Waals surface area (Å²) in [6, 6.07) is 4.37. The molecule has 2 atom stereocenters. The van der Waals surface area contributed by atoms with E-state index in [0.29, 0.717) is 17.5 Å². The fraction of sp³-hybridized carbons (Fsp3) is 0.600. The van der Waals surface area contributed by atoms with Crippen LogP contribution in [-0.4, -0.2) is 11.1 Å². The zero-order valence-corrected chi connectivity index (χ0v) is 11.7. The second-order valence-corrected chi connectivity index (χ2v) is 5.46. The number of benzene rings is 1. The molecule has 2 nitrogen and oxygen atoms in total. The molecule has 0 saturated heterocycles. The summed E-state index contributed by atoms with van der Waals surface area (Å²) in [6.07, 6.45) is 2.24. The number of aromatic hydroxyl groups is 1. The van der Waals surface area contributed by atoms with E-state index < -0.39 is 0 Å². The van der Waals surface area contributed by atoms with Gasteiger partial charge in [-0.3, -0.25) is 0 Å². The number of phenolic OH excluding ortho intramolecular Hbond substituents is 1. The van der Waals surface area contributed by atoms with Crippen molar-refractivity contribution in [1.82, 2.24) is 5.32 Å². The van der Waals surface area contributed by atoms with Gasteiger partial charge in [0.2, 0.25) is 0 Å². The van der Waals surface area contributed by atoms with Crippen molar-refractivity contribution < 1.29 is 9.50 Å². The Bertz CT molecular complexity index is 379. The van der Waals surface area contributed by atoms with Crippen molar-refractivity contribution in [2.24, 2.45) is 5.92 Å². The highest BCUT2D eigenvalue weighted by atomic mass is 19.1. The van der Waals surface area contributed by atoms with E-state index in [4.69, 9.17) is 0 Å². The van der Waals surface area contributed by atoms with Crippen molar-refractivity contribution in [2.75, 3.05) is 0 Å². The molecule has 102 valence electrons. The van der Waals surface area contributed by atoms with Gasteiger partial charge in [0.15, 0.2) is 0 Å². The van der Waals surface area contributed by atoms with Crippen LogP contribution in [0.5, 0.6) is 5.75 Å². The van der Waals surface area contributed by atoms with Crippen molar-refractivity contribution in [3.8, 4) is 5.75 Å². The Hall–Kier alpha value is -1.09. The SMILES string of the molecule is CC(C)CCC(C)NC(C)c1cc(F)ccc1O. The maximum atomic E-state index is 13.2. The third kappa shape index (κ3) is 4.65. The van der Waals surface area contributed by atoms with Gasteiger partial charge in [0.25, 0.3) is 0 Å². The molecule has 0 aliphatic carbocycles. The third-order valence-corrected chi connectivity index (χ3v) is 3.17. The van der Waals surface area contributed by atoms with Crippen LogP contribution in [0.4, 0.5) is 4.39 Å². The summed E-state index contributed by atoms with van der Waals surface area (Å²) in [4.78, 5) is 0. The number of halogens is 1. The van der Waals surface area contributed by atoms with E-state index in [1.807, 2.05) is 6.92 Å². The maximum absolute atomic E-state index is 13.2. The lowest BCUT2D eigenvalue weighted by Gasteiger charge is -2.21. The Balaban J connectivity index is 2.58. The van der Waals surface area contributed by atoms with Gasteiger partial charge in [-0.15, -0.1) is 0 Å². The van der Waals surface area contributed by atoms with Crippen LogP contribution in [0, 0.1) is 11.7 Å². The highest BCUT2D eigenvalue weighted by Crippen LogP contribution is 2.25. The quantitative estimate of drug-likeness (QED) is 0.803. The maximum Gasteiger partial charge on any atom is 0.123 e. The zero-order valence-electron chi connectivity index (χ0n) is 11.7. The minimum absolute atomic E-state index is 0.0529.